The van der Waals surface area contributed by atoms with Gasteiger partial charge in [-0.15, -0.1) is 11.8 Å². The first-order chi connectivity index (χ1) is 14.9. The number of nitrogens with one attached hydrogen (secondary N) is 1. The van der Waals surface area contributed by atoms with Gasteiger partial charge >= 0.3 is 0 Å². The fraction of sp³-hybridized carbons (Fsp3) is 0.375. The van der Waals surface area contributed by atoms with E-state index in [9.17, 15) is 9.90 Å². The molecule has 2 aromatic carbocycles. The molecular weight excluding hydrogens is 434 g/mol. The van der Waals surface area contributed by atoms with Crippen molar-refractivity contribution in [3.63, 3.8) is 0 Å². The maximum atomic E-state index is 12.6. The number of allylic oxidation sites excluding steroid dienone is 1. The van der Waals surface area contributed by atoms with Crippen LogP contribution in [0.2, 0.25) is 5.02 Å². The summed E-state index contributed by atoms with van der Waals surface area (Å²) in [6.07, 6.45) is 2.16. The Morgan fingerprint density at radius 1 is 1.26 bits per heavy atom. The zero-order chi connectivity index (χ0) is 22.4. The smallest absolute Gasteiger partial charge is 0.254 e. The number of carbonyl (C=O) groups is 1. The van der Waals surface area contributed by atoms with E-state index < -0.39 is 6.10 Å². The van der Waals surface area contributed by atoms with E-state index in [1.807, 2.05) is 62.4 Å². The van der Waals surface area contributed by atoms with Crippen LogP contribution in [0, 0.1) is 0 Å². The number of methoxy groups -OCH3 is 1. The number of amides is 1. The Labute approximate surface area is 192 Å². The highest BCUT2D eigenvalue weighted by Crippen LogP contribution is 2.45. The number of carbonyl (C=O) groups excluding carboxylic acids is 1. The zero-order valence-corrected chi connectivity index (χ0v) is 19.5. The van der Waals surface area contributed by atoms with Crippen molar-refractivity contribution in [1.29, 1.82) is 0 Å². The number of aliphatic hydroxyl groups excluding tert-OH is 1. The fourth-order valence-corrected chi connectivity index (χ4v) is 4.88. The lowest BCUT2D eigenvalue weighted by atomic mass is 10.1. The van der Waals surface area contributed by atoms with Gasteiger partial charge in [0.05, 0.1) is 13.7 Å². The Kier molecular flexibility index (Phi) is 8.29. The van der Waals surface area contributed by atoms with Crippen LogP contribution >= 0.6 is 23.4 Å². The summed E-state index contributed by atoms with van der Waals surface area (Å²) in [5.41, 5.74) is 2.14. The number of hydrogen-bond donors (Lipinski definition) is 2. The molecule has 3 unspecified atom stereocenters. The van der Waals surface area contributed by atoms with Crippen LogP contribution in [0.3, 0.4) is 0 Å². The maximum absolute atomic E-state index is 12.6. The summed E-state index contributed by atoms with van der Waals surface area (Å²) in [6.45, 7) is 4.40. The van der Waals surface area contributed by atoms with Crippen LogP contribution in [0.1, 0.15) is 36.6 Å². The number of ether oxygens (including phenoxy) is 2. The van der Waals surface area contributed by atoms with Gasteiger partial charge in [-0.1, -0.05) is 35.9 Å². The Morgan fingerprint density at radius 3 is 2.68 bits per heavy atom. The van der Waals surface area contributed by atoms with E-state index in [1.165, 1.54) is 11.8 Å². The molecule has 31 heavy (non-hydrogen) atoms. The molecule has 0 saturated heterocycles. The Balaban J connectivity index is 1.54. The molecule has 0 saturated carbocycles. The molecule has 1 aliphatic heterocycles. The lowest BCUT2D eigenvalue weighted by Crippen LogP contribution is -2.41. The van der Waals surface area contributed by atoms with Crippen LogP contribution in [0.4, 0.5) is 0 Å². The van der Waals surface area contributed by atoms with E-state index >= 15 is 0 Å². The minimum Gasteiger partial charge on any atom is -0.493 e. The Morgan fingerprint density at radius 2 is 2.00 bits per heavy atom. The molecule has 0 fully saturated rings. The van der Waals surface area contributed by atoms with Crippen molar-refractivity contribution in [1.82, 2.24) is 5.32 Å². The topological polar surface area (TPSA) is 67.8 Å². The van der Waals surface area contributed by atoms with E-state index in [-0.39, 0.29) is 17.2 Å². The van der Waals surface area contributed by atoms with Crippen LogP contribution in [-0.4, -0.2) is 36.9 Å². The normalized spacial score (nSPS) is 17.6. The van der Waals surface area contributed by atoms with Gasteiger partial charge in [-0.25, -0.2) is 0 Å². The molecule has 2 aromatic rings. The zero-order valence-electron chi connectivity index (χ0n) is 17.9. The third kappa shape index (κ3) is 6.19. The first kappa shape index (κ1) is 23.5. The number of hydrogen-bond acceptors (Lipinski definition) is 5. The Hall–Kier alpha value is -2.15. The second-order valence-corrected chi connectivity index (χ2v) is 9.15. The van der Waals surface area contributed by atoms with Crippen molar-refractivity contribution in [2.75, 3.05) is 13.7 Å². The number of halogens is 1. The molecule has 166 valence electrons. The average Bonchev–Trinajstić information content (AvgIpc) is 3.25. The summed E-state index contributed by atoms with van der Waals surface area (Å²) in [5.74, 6) is 0.973. The molecule has 0 bridgehead atoms. The summed E-state index contributed by atoms with van der Waals surface area (Å²) in [4.78, 5) is 13.3. The molecule has 0 radical (unpaired) electrons. The molecule has 7 heteroatoms. The van der Waals surface area contributed by atoms with E-state index in [2.05, 4.69) is 5.32 Å². The van der Waals surface area contributed by atoms with E-state index in [0.717, 1.165) is 17.5 Å². The SMILES string of the molecule is CCOc1ccc(CC(C)NC(=O)C(O)C2=CCC(c3ccc(Cl)cc3)S2)cc1OC. The predicted molar refractivity (Wildman–Crippen MR) is 126 cm³/mol. The monoisotopic (exact) mass is 461 g/mol. The quantitative estimate of drug-likeness (QED) is 0.555. The number of benzene rings is 2. The molecule has 1 amide bonds. The molecule has 0 aliphatic carbocycles. The van der Waals surface area contributed by atoms with Crippen LogP contribution in [0.15, 0.2) is 53.4 Å². The minimum absolute atomic E-state index is 0.149. The highest BCUT2D eigenvalue weighted by Gasteiger charge is 2.29. The highest BCUT2D eigenvalue weighted by atomic mass is 35.5. The summed E-state index contributed by atoms with van der Waals surface area (Å²) in [7, 11) is 1.60. The highest BCUT2D eigenvalue weighted by molar-refractivity contribution is 8.03. The molecule has 3 atom stereocenters. The second kappa shape index (κ2) is 10.9. The van der Waals surface area contributed by atoms with Crippen molar-refractivity contribution in [2.24, 2.45) is 0 Å². The van der Waals surface area contributed by atoms with E-state index in [4.69, 9.17) is 21.1 Å². The summed E-state index contributed by atoms with van der Waals surface area (Å²) < 4.78 is 10.9. The molecule has 0 spiro atoms. The summed E-state index contributed by atoms with van der Waals surface area (Å²) in [5, 5.41) is 14.3. The average molecular weight is 462 g/mol. The van der Waals surface area contributed by atoms with Crippen LogP contribution in [0.5, 0.6) is 11.5 Å². The van der Waals surface area contributed by atoms with Gasteiger partial charge in [0.25, 0.3) is 5.91 Å². The van der Waals surface area contributed by atoms with Gasteiger partial charge in [0, 0.05) is 21.2 Å². The van der Waals surface area contributed by atoms with Gasteiger partial charge in [0.2, 0.25) is 0 Å². The minimum atomic E-state index is -1.17. The van der Waals surface area contributed by atoms with Crippen LogP contribution < -0.4 is 14.8 Å². The maximum Gasteiger partial charge on any atom is 0.254 e. The summed E-state index contributed by atoms with van der Waals surface area (Å²) >= 11 is 7.48. The van der Waals surface area contributed by atoms with Crippen LogP contribution in [0.25, 0.3) is 0 Å². The van der Waals surface area contributed by atoms with Gasteiger partial charge < -0.3 is 19.9 Å². The lowest BCUT2D eigenvalue weighted by Gasteiger charge is -2.19. The van der Waals surface area contributed by atoms with Crippen molar-refractivity contribution in [3.05, 3.63) is 69.6 Å². The molecule has 0 aromatic heterocycles. The lowest BCUT2D eigenvalue weighted by molar-refractivity contribution is -0.127. The van der Waals surface area contributed by atoms with Gasteiger partial charge in [0.15, 0.2) is 17.6 Å². The molecule has 3 rings (SSSR count). The molecule has 1 aliphatic rings. The molecule has 5 nitrogen and oxygen atoms in total. The van der Waals surface area contributed by atoms with Gasteiger partial charge in [-0.05, 0) is 62.1 Å². The summed E-state index contributed by atoms with van der Waals surface area (Å²) in [6, 6.07) is 13.3. The molecular formula is C24H28ClNO4S. The first-order valence-electron chi connectivity index (χ1n) is 10.3. The van der Waals surface area contributed by atoms with Crippen molar-refractivity contribution in [2.45, 2.75) is 44.1 Å². The molecule has 1 heterocycles. The fourth-order valence-electron chi connectivity index (χ4n) is 3.51. The van der Waals surface area contributed by atoms with Crippen molar-refractivity contribution < 1.29 is 19.4 Å². The Bertz CT molecular complexity index is 932. The third-order valence-electron chi connectivity index (χ3n) is 5.03. The van der Waals surface area contributed by atoms with Crippen molar-refractivity contribution >= 4 is 29.3 Å². The number of rotatable bonds is 9. The first-order valence-corrected chi connectivity index (χ1v) is 11.6. The standard InChI is InChI=1S/C24H28ClNO4S/c1-4-30-19-10-5-16(14-20(19)29-3)13-15(2)26-24(28)23(27)22-12-11-21(31-22)17-6-8-18(25)9-7-17/h5-10,12,14-15,21,23,27H,4,11,13H2,1-3H3,(H,26,28). The van der Waals surface area contributed by atoms with Gasteiger partial charge in [-0.2, -0.15) is 0 Å². The third-order valence-corrected chi connectivity index (χ3v) is 6.69. The molecule has 2 N–H and O–H groups in total. The van der Waals surface area contributed by atoms with E-state index in [0.29, 0.717) is 34.5 Å². The second-order valence-electron chi connectivity index (χ2n) is 7.43. The number of thioether (sulfide) groups is 1. The van der Waals surface area contributed by atoms with Crippen molar-refractivity contribution in [3.8, 4) is 11.5 Å². The largest absolute Gasteiger partial charge is 0.493 e. The van der Waals surface area contributed by atoms with Gasteiger partial charge in [0.1, 0.15) is 0 Å². The predicted octanol–water partition coefficient (Wildman–Crippen LogP) is 4.92. The van der Waals surface area contributed by atoms with Crippen LogP contribution in [-0.2, 0) is 11.2 Å². The van der Waals surface area contributed by atoms with E-state index in [1.54, 1.807) is 7.11 Å². The van der Waals surface area contributed by atoms with Gasteiger partial charge in [-0.3, -0.25) is 4.79 Å². The number of aliphatic hydroxyl groups is 1.